The van der Waals surface area contributed by atoms with Gasteiger partial charge in [-0.2, -0.15) is 0 Å². The van der Waals surface area contributed by atoms with Crippen molar-refractivity contribution in [3.05, 3.63) is 28.8 Å². The molecule has 1 aromatic carbocycles. The minimum absolute atomic E-state index is 0.0796. The van der Waals surface area contributed by atoms with Crippen LogP contribution >= 0.6 is 23.8 Å². The molecule has 15 heavy (non-hydrogen) atoms. The Labute approximate surface area is 100 Å². The highest BCUT2D eigenvalue weighted by atomic mass is 35.5. The average Bonchev–Trinajstić information content (AvgIpc) is 2.19. The molecule has 2 nitrogen and oxygen atoms in total. The summed E-state index contributed by atoms with van der Waals surface area (Å²) in [5.74, 6) is 0.871. The molecule has 1 aromatic rings. The normalized spacial score (nSPS) is 12.2. The van der Waals surface area contributed by atoms with Gasteiger partial charge in [0.25, 0.3) is 0 Å². The van der Waals surface area contributed by atoms with E-state index in [9.17, 15) is 0 Å². The molecule has 1 rings (SSSR count). The molecule has 1 unspecified atom stereocenters. The lowest BCUT2D eigenvalue weighted by Crippen LogP contribution is -2.24. The van der Waals surface area contributed by atoms with Gasteiger partial charge in [0.05, 0.1) is 11.6 Å². The third-order valence-corrected chi connectivity index (χ3v) is 2.94. The summed E-state index contributed by atoms with van der Waals surface area (Å²) < 4.78 is 5.54. The third kappa shape index (κ3) is 3.68. The van der Waals surface area contributed by atoms with Gasteiger partial charge in [-0.3, -0.25) is 0 Å². The van der Waals surface area contributed by atoms with E-state index in [1.165, 1.54) is 0 Å². The van der Waals surface area contributed by atoms with E-state index in [1.807, 2.05) is 32.0 Å². The summed E-state index contributed by atoms with van der Waals surface area (Å²) in [7, 11) is 0. The molecular weight excluding hydrogens is 230 g/mol. The standard InChI is InChI=1S/C11H14ClNOS/c1-7-5-9(3-4-10(7)12)14-6-8(2)11(13)15/h3-5,8H,6H2,1-2H3,(H2,13,15). The molecule has 1 atom stereocenters. The van der Waals surface area contributed by atoms with Crippen molar-refractivity contribution in [2.24, 2.45) is 11.7 Å². The van der Waals surface area contributed by atoms with Crippen LogP contribution in [0.15, 0.2) is 18.2 Å². The maximum Gasteiger partial charge on any atom is 0.119 e. The van der Waals surface area contributed by atoms with Gasteiger partial charge in [-0.25, -0.2) is 0 Å². The molecule has 0 bridgehead atoms. The SMILES string of the molecule is Cc1cc(OCC(C)C(N)=S)ccc1Cl. The van der Waals surface area contributed by atoms with Crippen LogP contribution in [0.25, 0.3) is 0 Å². The number of halogens is 1. The lowest BCUT2D eigenvalue weighted by atomic mass is 10.2. The van der Waals surface area contributed by atoms with Crippen LogP contribution in [0.5, 0.6) is 5.75 Å². The number of ether oxygens (including phenoxy) is 1. The van der Waals surface area contributed by atoms with Crippen molar-refractivity contribution in [3.8, 4) is 5.75 Å². The van der Waals surface area contributed by atoms with Crippen LogP contribution in [0.1, 0.15) is 12.5 Å². The maximum atomic E-state index is 5.90. The summed E-state index contributed by atoms with van der Waals surface area (Å²) in [6, 6.07) is 5.55. The summed E-state index contributed by atoms with van der Waals surface area (Å²) in [4.78, 5) is 0.473. The second kappa shape index (κ2) is 5.33. The highest BCUT2D eigenvalue weighted by Gasteiger charge is 2.06. The molecule has 0 saturated carbocycles. The number of aryl methyl sites for hydroxylation is 1. The van der Waals surface area contributed by atoms with Crippen LogP contribution < -0.4 is 10.5 Å². The maximum absolute atomic E-state index is 5.90. The van der Waals surface area contributed by atoms with Crippen LogP contribution in [0.2, 0.25) is 5.02 Å². The Morgan fingerprint density at radius 3 is 2.80 bits per heavy atom. The van der Waals surface area contributed by atoms with E-state index in [1.54, 1.807) is 0 Å². The Bertz CT molecular complexity index is 368. The molecule has 0 aliphatic carbocycles. The van der Waals surface area contributed by atoms with Crippen molar-refractivity contribution in [2.45, 2.75) is 13.8 Å². The number of hydrogen-bond acceptors (Lipinski definition) is 2. The third-order valence-electron chi connectivity index (χ3n) is 2.12. The largest absolute Gasteiger partial charge is 0.493 e. The van der Waals surface area contributed by atoms with Crippen molar-refractivity contribution in [1.29, 1.82) is 0 Å². The average molecular weight is 244 g/mol. The summed E-state index contributed by atoms with van der Waals surface area (Å²) in [5, 5.41) is 0.741. The number of thiocarbonyl (C=S) groups is 1. The van der Waals surface area contributed by atoms with E-state index in [2.05, 4.69) is 0 Å². The first kappa shape index (κ1) is 12.3. The quantitative estimate of drug-likeness (QED) is 0.826. The molecule has 0 spiro atoms. The predicted molar refractivity (Wildman–Crippen MR) is 67.6 cm³/mol. The Kier molecular flexibility index (Phi) is 4.36. The van der Waals surface area contributed by atoms with Gasteiger partial charge in [-0.1, -0.05) is 30.7 Å². The van der Waals surface area contributed by atoms with Gasteiger partial charge in [0, 0.05) is 10.9 Å². The van der Waals surface area contributed by atoms with Gasteiger partial charge in [0.15, 0.2) is 0 Å². The zero-order valence-electron chi connectivity index (χ0n) is 8.79. The molecule has 0 aromatic heterocycles. The molecule has 4 heteroatoms. The summed E-state index contributed by atoms with van der Waals surface area (Å²) in [6.45, 7) is 4.37. The van der Waals surface area contributed by atoms with Crippen LogP contribution in [0.3, 0.4) is 0 Å². The van der Waals surface area contributed by atoms with Gasteiger partial charge in [0.1, 0.15) is 5.75 Å². The first-order chi connectivity index (χ1) is 7.00. The van der Waals surface area contributed by atoms with Gasteiger partial charge in [0.2, 0.25) is 0 Å². The fourth-order valence-electron chi connectivity index (χ4n) is 1.01. The molecule has 0 aliphatic rings. The van der Waals surface area contributed by atoms with Crippen LogP contribution in [0.4, 0.5) is 0 Å². The predicted octanol–water partition coefficient (Wildman–Crippen LogP) is 2.95. The second-order valence-corrected chi connectivity index (χ2v) is 4.40. The number of hydrogen-bond donors (Lipinski definition) is 1. The van der Waals surface area contributed by atoms with Crippen molar-refractivity contribution in [1.82, 2.24) is 0 Å². The molecule has 0 aliphatic heterocycles. The van der Waals surface area contributed by atoms with E-state index in [4.69, 9.17) is 34.3 Å². The topological polar surface area (TPSA) is 35.2 Å². The second-order valence-electron chi connectivity index (χ2n) is 3.53. The lowest BCUT2D eigenvalue weighted by molar-refractivity contribution is 0.293. The van der Waals surface area contributed by atoms with E-state index in [0.29, 0.717) is 11.6 Å². The molecule has 0 saturated heterocycles. The highest BCUT2D eigenvalue weighted by Crippen LogP contribution is 2.21. The van der Waals surface area contributed by atoms with Crippen molar-refractivity contribution < 1.29 is 4.74 Å². The van der Waals surface area contributed by atoms with Crippen LogP contribution in [-0.2, 0) is 0 Å². The van der Waals surface area contributed by atoms with E-state index < -0.39 is 0 Å². The summed E-state index contributed by atoms with van der Waals surface area (Å²) >= 11 is 10.8. The van der Waals surface area contributed by atoms with Gasteiger partial charge in [-0.15, -0.1) is 0 Å². The van der Waals surface area contributed by atoms with E-state index in [0.717, 1.165) is 16.3 Å². The molecule has 0 amide bonds. The number of nitrogens with two attached hydrogens (primary N) is 1. The summed E-state index contributed by atoms with van der Waals surface area (Å²) in [6.07, 6.45) is 0. The molecule has 0 radical (unpaired) electrons. The van der Waals surface area contributed by atoms with Crippen molar-refractivity contribution in [3.63, 3.8) is 0 Å². The number of rotatable bonds is 4. The van der Waals surface area contributed by atoms with E-state index in [-0.39, 0.29) is 5.92 Å². The first-order valence-corrected chi connectivity index (χ1v) is 5.47. The van der Waals surface area contributed by atoms with Crippen LogP contribution in [0, 0.1) is 12.8 Å². The molecule has 0 fully saturated rings. The number of benzene rings is 1. The van der Waals surface area contributed by atoms with Gasteiger partial charge in [-0.05, 0) is 30.7 Å². The van der Waals surface area contributed by atoms with Gasteiger partial charge < -0.3 is 10.5 Å². The molecule has 0 heterocycles. The van der Waals surface area contributed by atoms with Crippen LogP contribution in [-0.4, -0.2) is 11.6 Å². The molecular formula is C11H14ClNOS. The van der Waals surface area contributed by atoms with Gasteiger partial charge >= 0.3 is 0 Å². The minimum Gasteiger partial charge on any atom is -0.493 e. The zero-order valence-corrected chi connectivity index (χ0v) is 10.4. The smallest absolute Gasteiger partial charge is 0.119 e. The minimum atomic E-state index is 0.0796. The fourth-order valence-corrected chi connectivity index (χ4v) is 1.20. The van der Waals surface area contributed by atoms with Crippen molar-refractivity contribution >= 4 is 28.8 Å². The summed E-state index contributed by atoms with van der Waals surface area (Å²) in [5.41, 5.74) is 6.48. The Morgan fingerprint density at radius 2 is 2.27 bits per heavy atom. The highest BCUT2D eigenvalue weighted by molar-refractivity contribution is 7.80. The molecule has 82 valence electrons. The van der Waals surface area contributed by atoms with Crippen molar-refractivity contribution in [2.75, 3.05) is 6.61 Å². The molecule has 2 N–H and O–H groups in total. The Balaban J connectivity index is 2.58. The lowest BCUT2D eigenvalue weighted by Gasteiger charge is -2.12. The fraction of sp³-hybridized carbons (Fsp3) is 0.364. The Hall–Kier alpha value is -0.800. The van der Waals surface area contributed by atoms with E-state index >= 15 is 0 Å². The first-order valence-electron chi connectivity index (χ1n) is 4.69. The Morgan fingerprint density at radius 1 is 1.60 bits per heavy atom. The monoisotopic (exact) mass is 243 g/mol. The zero-order chi connectivity index (χ0) is 11.4.